The number of amides is 1. The number of carbonyl (C=O) groups is 1. The molecule has 3 aliphatic heterocycles. The molecule has 0 bridgehead atoms. The lowest BCUT2D eigenvalue weighted by Crippen LogP contribution is -2.57. The van der Waals surface area contributed by atoms with Crippen molar-refractivity contribution in [3.8, 4) is 11.5 Å². The third-order valence-corrected chi connectivity index (χ3v) is 7.59. The molecule has 3 heterocycles. The quantitative estimate of drug-likeness (QED) is 0.483. The van der Waals surface area contributed by atoms with Gasteiger partial charge in [-0.1, -0.05) is 60.7 Å². The van der Waals surface area contributed by atoms with E-state index in [1.165, 1.54) is 0 Å². The fourth-order valence-electron chi connectivity index (χ4n) is 5.96. The molecule has 194 valence electrons. The standard InChI is InChI=1S/C31H29NO6/c1-31(2)37-28-26(34-17-20-11-7-4-8-12-20)14-22-21-13-24-25(36-18-35-24)15-23(21)30(33)32(27(22)29(28)38-31)16-19-9-5-3-6-10-19/h3-15,26-29H,16-18H2,1-2H3/t26-,27+,28+,29-/m0/s1. The minimum Gasteiger partial charge on any atom is -0.454 e. The van der Waals surface area contributed by atoms with E-state index in [1.807, 2.05) is 85.5 Å². The van der Waals surface area contributed by atoms with Crippen LogP contribution in [0.2, 0.25) is 0 Å². The normalized spacial score (nSPS) is 26.4. The Morgan fingerprint density at radius 3 is 2.21 bits per heavy atom. The van der Waals surface area contributed by atoms with E-state index in [0.717, 1.165) is 22.3 Å². The number of hydrogen-bond donors (Lipinski definition) is 0. The molecule has 0 N–H and O–H groups in total. The maximum atomic E-state index is 14.1. The van der Waals surface area contributed by atoms with Crippen LogP contribution < -0.4 is 9.47 Å². The van der Waals surface area contributed by atoms with Gasteiger partial charge in [0.15, 0.2) is 17.3 Å². The van der Waals surface area contributed by atoms with Gasteiger partial charge in [-0.2, -0.15) is 0 Å². The van der Waals surface area contributed by atoms with E-state index in [1.54, 1.807) is 6.07 Å². The Morgan fingerprint density at radius 2 is 1.50 bits per heavy atom. The molecule has 1 fully saturated rings. The van der Waals surface area contributed by atoms with Crippen LogP contribution in [0.25, 0.3) is 5.57 Å². The zero-order chi connectivity index (χ0) is 25.9. The van der Waals surface area contributed by atoms with E-state index in [4.69, 9.17) is 23.7 Å². The highest BCUT2D eigenvalue weighted by Crippen LogP contribution is 2.49. The molecule has 7 rings (SSSR count). The lowest BCUT2D eigenvalue weighted by molar-refractivity contribution is -0.157. The van der Waals surface area contributed by atoms with Crippen LogP contribution in [0.3, 0.4) is 0 Å². The minimum absolute atomic E-state index is 0.0694. The van der Waals surface area contributed by atoms with Gasteiger partial charge in [0.25, 0.3) is 5.91 Å². The third kappa shape index (κ3) is 3.98. The number of hydrogen-bond acceptors (Lipinski definition) is 6. The van der Waals surface area contributed by atoms with E-state index < -0.39 is 11.9 Å². The SMILES string of the molecule is CC1(C)O[C@@H]2[C@H](O1)[C@@H](OCc1ccccc1)C=C1c3cc4c(cc3C(=O)N(Cc3ccccc3)[C@H]12)OCO4. The highest BCUT2D eigenvalue weighted by Gasteiger charge is 2.56. The van der Waals surface area contributed by atoms with Crippen molar-refractivity contribution in [2.45, 2.75) is 57.1 Å². The van der Waals surface area contributed by atoms with Crippen molar-refractivity contribution < 1.29 is 28.5 Å². The molecule has 4 aliphatic rings. The fourth-order valence-corrected chi connectivity index (χ4v) is 5.96. The van der Waals surface area contributed by atoms with Gasteiger partial charge in [-0.15, -0.1) is 0 Å². The number of fused-ring (bicyclic) bond motifs is 6. The van der Waals surface area contributed by atoms with Crippen LogP contribution in [0.15, 0.2) is 78.9 Å². The molecule has 4 atom stereocenters. The maximum absolute atomic E-state index is 14.1. The van der Waals surface area contributed by atoms with Gasteiger partial charge in [-0.25, -0.2) is 0 Å². The number of benzene rings is 3. The largest absolute Gasteiger partial charge is 0.454 e. The Hall–Kier alpha value is -3.65. The second kappa shape index (κ2) is 8.98. The molecule has 1 saturated heterocycles. The zero-order valence-corrected chi connectivity index (χ0v) is 21.3. The van der Waals surface area contributed by atoms with Gasteiger partial charge in [-0.3, -0.25) is 4.79 Å². The lowest BCUT2D eigenvalue weighted by atomic mass is 9.78. The summed E-state index contributed by atoms with van der Waals surface area (Å²) in [5.74, 6) is 0.340. The summed E-state index contributed by atoms with van der Waals surface area (Å²) in [5, 5.41) is 0. The van der Waals surface area contributed by atoms with Crippen molar-refractivity contribution in [2.24, 2.45) is 0 Å². The molecule has 7 heteroatoms. The van der Waals surface area contributed by atoms with Gasteiger partial charge in [0.05, 0.1) is 18.2 Å². The van der Waals surface area contributed by atoms with E-state index in [0.29, 0.717) is 30.2 Å². The molecule has 3 aromatic rings. The monoisotopic (exact) mass is 511 g/mol. The van der Waals surface area contributed by atoms with E-state index in [-0.39, 0.29) is 30.9 Å². The van der Waals surface area contributed by atoms with Crippen LogP contribution in [0.4, 0.5) is 0 Å². The first-order valence-corrected chi connectivity index (χ1v) is 13.0. The highest BCUT2D eigenvalue weighted by molar-refractivity contribution is 6.05. The van der Waals surface area contributed by atoms with E-state index in [9.17, 15) is 4.79 Å². The Balaban J connectivity index is 1.34. The van der Waals surface area contributed by atoms with Gasteiger partial charge in [-0.05, 0) is 54.3 Å². The van der Waals surface area contributed by atoms with Gasteiger partial charge in [0, 0.05) is 6.54 Å². The molecule has 0 unspecified atom stereocenters. The summed E-state index contributed by atoms with van der Waals surface area (Å²) in [7, 11) is 0. The van der Waals surface area contributed by atoms with Gasteiger partial charge >= 0.3 is 0 Å². The molecular formula is C31H29NO6. The molecule has 7 nitrogen and oxygen atoms in total. The average Bonchev–Trinajstić information content (AvgIpc) is 3.52. The van der Waals surface area contributed by atoms with Crippen LogP contribution in [-0.4, -0.2) is 47.7 Å². The van der Waals surface area contributed by atoms with Gasteiger partial charge in [0.2, 0.25) is 6.79 Å². The van der Waals surface area contributed by atoms with Crippen molar-refractivity contribution in [1.82, 2.24) is 4.90 Å². The molecule has 0 radical (unpaired) electrons. The molecule has 3 aromatic carbocycles. The summed E-state index contributed by atoms with van der Waals surface area (Å²) in [6, 6.07) is 23.5. The maximum Gasteiger partial charge on any atom is 0.255 e. The molecule has 1 aliphatic carbocycles. The van der Waals surface area contributed by atoms with Crippen molar-refractivity contribution in [3.63, 3.8) is 0 Å². The lowest BCUT2D eigenvalue weighted by Gasteiger charge is -2.46. The number of rotatable bonds is 5. The third-order valence-electron chi connectivity index (χ3n) is 7.59. The van der Waals surface area contributed by atoms with Crippen LogP contribution in [0.1, 0.15) is 40.9 Å². The topological polar surface area (TPSA) is 66.5 Å². The van der Waals surface area contributed by atoms with Crippen molar-refractivity contribution in [3.05, 3.63) is 101 Å². The Labute approximate surface area is 221 Å². The molecule has 38 heavy (non-hydrogen) atoms. The summed E-state index contributed by atoms with van der Waals surface area (Å²) in [6.07, 6.45) is 0.977. The molecule has 0 aromatic heterocycles. The number of ether oxygens (including phenoxy) is 5. The van der Waals surface area contributed by atoms with E-state index in [2.05, 4.69) is 6.08 Å². The smallest absolute Gasteiger partial charge is 0.255 e. The zero-order valence-electron chi connectivity index (χ0n) is 21.3. The fraction of sp³-hybridized carbons (Fsp3) is 0.323. The highest BCUT2D eigenvalue weighted by atomic mass is 16.8. The first-order chi connectivity index (χ1) is 18.5. The predicted octanol–water partition coefficient (Wildman–Crippen LogP) is 4.94. The summed E-state index contributed by atoms with van der Waals surface area (Å²) in [5.41, 5.74) is 4.52. The summed E-state index contributed by atoms with van der Waals surface area (Å²) < 4.78 is 30.8. The number of carbonyl (C=O) groups excluding carboxylic acids is 1. The predicted molar refractivity (Wildman–Crippen MR) is 139 cm³/mol. The van der Waals surface area contributed by atoms with Crippen LogP contribution >= 0.6 is 0 Å². The van der Waals surface area contributed by atoms with Crippen LogP contribution in [0, 0.1) is 0 Å². The molecule has 0 saturated carbocycles. The van der Waals surface area contributed by atoms with Crippen molar-refractivity contribution >= 4 is 11.5 Å². The van der Waals surface area contributed by atoms with Crippen LogP contribution in [0.5, 0.6) is 11.5 Å². The average molecular weight is 512 g/mol. The first-order valence-electron chi connectivity index (χ1n) is 13.0. The summed E-state index contributed by atoms with van der Waals surface area (Å²) >= 11 is 0. The number of nitrogens with zero attached hydrogens (tertiary/aromatic N) is 1. The second-order valence-electron chi connectivity index (χ2n) is 10.6. The minimum atomic E-state index is -0.816. The Morgan fingerprint density at radius 1 is 0.868 bits per heavy atom. The van der Waals surface area contributed by atoms with Crippen molar-refractivity contribution in [1.29, 1.82) is 0 Å². The summed E-state index contributed by atoms with van der Waals surface area (Å²) in [4.78, 5) is 16.0. The van der Waals surface area contributed by atoms with Crippen molar-refractivity contribution in [2.75, 3.05) is 6.79 Å². The Kier molecular flexibility index (Phi) is 5.54. The van der Waals surface area contributed by atoms with Gasteiger partial charge in [0.1, 0.15) is 18.3 Å². The summed E-state index contributed by atoms with van der Waals surface area (Å²) in [6.45, 7) is 4.85. The van der Waals surface area contributed by atoms with Crippen LogP contribution in [-0.2, 0) is 27.4 Å². The van der Waals surface area contributed by atoms with Gasteiger partial charge < -0.3 is 28.6 Å². The Bertz CT molecular complexity index is 1400. The molecular weight excluding hydrogens is 482 g/mol. The first kappa shape index (κ1) is 23.5. The second-order valence-corrected chi connectivity index (χ2v) is 10.6. The molecule has 0 spiro atoms. The molecule has 1 amide bonds. The van der Waals surface area contributed by atoms with E-state index >= 15 is 0 Å².